The van der Waals surface area contributed by atoms with E-state index in [4.69, 9.17) is 9.47 Å². The van der Waals surface area contributed by atoms with Crippen LogP contribution in [0.1, 0.15) is 22.0 Å². The Morgan fingerprint density at radius 3 is 2.24 bits per heavy atom. The van der Waals surface area contributed by atoms with E-state index in [-0.39, 0.29) is 9.77 Å². The predicted octanol–water partition coefficient (Wildman–Crippen LogP) is 3.62. The molecule has 0 saturated carbocycles. The molecule has 0 aliphatic carbocycles. The van der Waals surface area contributed by atoms with Crippen LogP contribution in [0.5, 0.6) is 0 Å². The SMILES string of the molecule is COC(=O)[C@H](OC(=O)c1ccc(NS(=O)(=O)c2cccs2)cc1)c1ccccc1. The van der Waals surface area contributed by atoms with E-state index in [1.165, 1.54) is 37.4 Å². The molecule has 0 aliphatic rings. The van der Waals surface area contributed by atoms with Crippen LogP contribution in [-0.2, 0) is 24.3 Å². The Kier molecular flexibility index (Phi) is 6.30. The second kappa shape index (κ2) is 8.89. The Morgan fingerprint density at radius 1 is 0.966 bits per heavy atom. The fraction of sp³-hybridized carbons (Fsp3) is 0.100. The van der Waals surface area contributed by atoms with Gasteiger partial charge in [0, 0.05) is 11.3 Å². The van der Waals surface area contributed by atoms with Gasteiger partial charge in [0.2, 0.25) is 6.10 Å². The average molecular weight is 431 g/mol. The number of nitrogens with one attached hydrogen (secondary N) is 1. The van der Waals surface area contributed by atoms with Gasteiger partial charge in [-0.15, -0.1) is 11.3 Å². The first-order valence-corrected chi connectivity index (χ1v) is 10.8. The summed E-state index contributed by atoms with van der Waals surface area (Å²) in [5, 5.41) is 1.66. The fourth-order valence-electron chi connectivity index (χ4n) is 2.46. The van der Waals surface area contributed by atoms with Crippen molar-refractivity contribution in [2.75, 3.05) is 11.8 Å². The Hall–Kier alpha value is -3.17. The van der Waals surface area contributed by atoms with Crippen LogP contribution >= 0.6 is 11.3 Å². The Morgan fingerprint density at radius 2 is 1.66 bits per heavy atom. The van der Waals surface area contributed by atoms with Gasteiger partial charge < -0.3 is 9.47 Å². The van der Waals surface area contributed by atoms with Crippen LogP contribution in [0.25, 0.3) is 0 Å². The zero-order valence-electron chi connectivity index (χ0n) is 15.3. The zero-order valence-corrected chi connectivity index (χ0v) is 16.9. The molecule has 1 N–H and O–H groups in total. The number of benzene rings is 2. The van der Waals surface area contributed by atoms with Crippen LogP contribution in [-0.4, -0.2) is 27.5 Å². The van der Waals surface area contributed by atoms with Crippen molar-refractivity contribution in [2.45, 2.75) is 10.3 Å². The van der Waals surface area contributed by atoms with E-state index in [9.17, 15) is 18.0 Å². The number of thiophene rings is 1. The lowest BCUT2D eigenvalue weighted by molar-refractivity contribution is -0.151. The highest BCUT2D eigenvalue weighted by Crippen LogP contribution is 2.23. The number of carbonyl (C=O) groups excluding carboxylic acids is 2. The van der Waals surface area contributed by atoms with Gasteiger partial charge in [0.25, 0.3) is 10.0 Å². The van der Waals surface area contributed by atoms with E-state index in [2.05, 4.69) is 4.72 Å². The third-order valence-corrected chi connectivity index (χ3v) is 6.65. The molecule has 0 amide bonds. The minimum absolute atomic E-state index is 0.161. The quantitative estimate of drug-likeness (QED) is 0.574. The number of ether oxygens (including phenoxy) is 2. The summed E-state index contributed by atoms with van der Waals surface area (Å²) < 4.78 is 37.2. The van der Waals surface area contributed by atoms with E-state index >= 15 is 0 Å². The largest absolute Gasteiger partial charge is 0.466 e. The Balaban J connectivity index is 1.73. The maximum atomic E-state index is 12.5. The van der Waals surface area contributed by atoms with Gasteiger partial charge in [-0.05, 0) is 35.7 Å². The number of hydrogen-bond acceptors (Lipinski definition) is 7. The summed E-state index contributed by atoms with van der Waals surface area (Å²) in [6, 6.07) is 17.3. The predicted molar refractivity (Wildman–Crippen MR) is 108 cm³/mol. The number of esters is 2. The number of methoxy groups -OCH3 is 1. The molecule has 0 radical (unpaired) electrons. The monoisotopic (exact) mass is 431 g/mol. The van der Waals surface area contributed by atoms with Crippen LogP contribution in [0, 0.1) is 0 Å². The van der Waals surface area contributed by atoms with Gasteiger partial charge >= 0.3 is 11.9 Å². The van der Waals surface area contributed by atoms with Gasteiger partial charge in [0.05, 0.1) is 12.7 Å². The summed E-state index contributed by atoms with van der Waals surface area (Å²) in [7, 11) is -2.47. The van der Waals surface area contributed by atoms with Crippen LogP contribution in [0.3, 0.4) is 0 Å². The summed E-state index contributed by atoms with van der Waals surface area (Å²) in [5.74, 6) is -1.44. The van der Waals surface area contributed by atoms with E-state index in [1.54, 1.807) is 41.8 Å². The molecule has 2 aromatic carbocycles. The molecule has 0 spiro atoms. The fourth-order valence-corrected chi connectivity index (χ4v) is 4.51. The average Bonchev–Trinajstić information content (AvgIpc) is 3.28. The summed E-state index contributed by atoms with van der Waals surface area (Å²) in [4.78, 5) is 24.5. The molecule has 0 saturated heterocycles. The number of anilines is 1. The normalized spacial score (nSPS) is 12.0. The molecular formula is C20H17NO6S2. The molecule has 7 nitrogen and oxygen atoms in total. The Labute approximate surface area is 172 Å². The molecule has 3 rings (SSSR count). The van der Waals surface area contributed by atoms with Gasteiger partial charge in [-0.3, -0.25) is 4.72 Å². The first-order valence-electron chi connectivity index (χ1n) is 8.41. The third-order valence-electron chi connectivity index (χ3n) is 3.88. The van der Waals surface area contributed by atoms with Crippen LogP contribution in [0.4, 0.5) is 5.69 Å². The number of hydrogen-bond donors (Lipinski definition) is 1. The highest BCUT2D eigenvalue weighted by atomic mass is 32.2. The molecule has 0 unspecified atom stereocenters. The van der Waals surface area contributed by atoms with Crippen molar-refractivity contribution in [1.29, 1.82) is 0 Å². The maximum absolute atomic E-state index is 12.5. The second-order valence-electron chi connectivity index (χ2n) is 5.83. The highest BCUT2D eigenvalue weighted by molar-refractivity contribution is 7.94. The van der Waals surface area contributed by atoms with Crippen LogP contribution in [0.15, 0.2) is 76.3 Å². The number of carbonyl (C=O) groups is 2. The number of rotatable bonds is 7. The first kappa shape index (κ1) is 20.6. The van der Waals surface area contributed by atoms with Gasteiger partial charge in [-0.25, -0.2) is 18.0 Å². The number of sulfonamides is 1. The molecule has 150 valence electrons. The van der Waals surface area contributed by atoms with Gasteiger partial charge in [-0.1, -0.05) is 36.4 Å². The molecule has 1 atom stereocenters. The van der Waals surface area contributed by atoms with Gasteiger partial charge in [0.1, 0.15) is 4.21 Å². The first-order chi connectivity index (χ1) is 13.9. The van der Waals surface area contributed by atoms with Gasteiger partial charge in [0.15, 0.2) is 0 Å². The minimum Gasteiger partial charge on any atom is -0.466 e. The molecule has 0 fully saturated rings. The van der Waals surface area contributed by atoms with E-state index in [0.29, 0.717) is 11.3 Å². The molecule has 1 aromatic heterocycles. The van der Waals surface area contributed by atoms with Gasteiger partial charge in [-0.2, -0.15) is 0 Å². The molecule has 29 heavy (non-hydrogen) atoms. The van der Waals surface area contributed by atoms with Crippen molar-refractivity contribution in [1.82, 2.24) is 0 Å². The van der Waals surface area contributed by atoms with E-state index in [1.807, 2.05) is 0 Å². The van der Waals surface area contributed by atoms with Crippen molar-refractivity contribution in [3.05, 3.63) is 83.2 Å². The van der Waals surface area contributed by atoms with E-state index < -0.39 is 28.1 Å². The topological polar surface area (TPSA) is 98.8 Å². The lowest BCUT2D eigenvalue weighted by Crippen LogP contribution is -2.21. The lowest BCUT2D eigenvalue weighted by Gasteiger charge is -2.16. The summed E-state index contributed by atoms with van der Waals surface area (Å²) in [5.41, 5.74) is 0.935. The van der Waals surface area contributed by atoms with Crippen molar-refractivity contribution < 1.29 is 27.5 Å². The van der Waals surface area contributed by atoms with Crippen molar-refractivity contribution in [2.24, 2.45) is 0 Å². The molecule has 9 heteroatoms. The lowest BCUT2D eigenvalue weighted by atomic mass is 10.1. The molecule has 3 aromatic rings. The highest BCUT2D eigenvalue weighted by Gasteiger charge is 2.26. The minimum atomic E-state index is -3.68. The molecule has 0 bridgehead atoms. The van der Waals surface area contributed by atoms with Crippen LogP contribution < -0.4 is 4.72 Å². The smallest absolute Gasteiger partial charge is 0.351 e. The summed E-state index contributed by atoms with van der Waals surface area (Å²) in [6.07, 6.45) is -1.20. The third kappa shape index (κ3) is 5.01. The maximum Gasteiger partial charge on any atom is 0.351 e. The van der Waals surface area contributed by atoms with Crippen molar-refractivity contribution >= 4 is 39.0 Å². The summed E-state index contributed by atoms with van der Waals surface area (Å²) >= 11 is 1.10. The standard InChI is InChI=1S/C20H17NO6S2/c1-26-20(23)18(14-6-3-2-4-7-14)27-19(22)15-9-11-16(12-10-15)21-29(24,25)17-8-5-13-28-17/h2-13,18,21H,1H3/t18-/m1/s1. The van der Waals surface area contributed by atoms with Crippen molar-refractivity contribution in [3.63, 3.8) is 0 Å². The molecule has 0 aliphatic heterocycles. The summed E-state index contributed by atoms with van der Waals surface area (Å²) in [6.45, 7) is 0. The zero-order chi connectivity index (χ0) is 20.9. The van der Waals surface area contributed by atoms with Crippen LogP contribution in [0.2, 0.25) is 0 Å². The Bertz CT molecular complexity index is 1080. The van der Waals surface area contributed by atoms with Crippen molar-refractivity contribution in [3.8, 4) is 0 Å². The second-order valence-corrected chi connectivity index (χ2v) is 8.69. The molecular weight excluding hydrogens is 414 g/mol. The molecule has 1 heterocycles. The van der Waals surface area contributed by atoms with E-state index in [0.717, 1.165) is 11.3 Å².